The van der Waals surface area contributed by atoms with E-state index in [1.807, 2.05) is 12.1 Å². The van der Waals surface area contributed by atoms with Gasteiger partial charge in [-0.2, -0.15) is 0 Å². The van der Waals surface area contributed by atoms with Crippen molar-refractivity contribution in [2.24, 2.45) is 5.92 Å². The molecule has 1 N–H and O–H groups in total. The second-order valence-corrected chi connectivity index (χ2v) is 5.45. The summed E-state index contributed by atoms with van der Waals surface area (Å²) >= 11 is 0. The number of hydrogen-bond donors (Lipinski definition) is 1. The van der Waals surface area contributed by atoms with Gasteiger partial charge in [0.2, 0.25) is 0 Å². The highest BCUT2D eigenvalue weighted by molar-refractivity contribution is 5.92. The minimum absolute atomic E-state index is 0.275. The number of aromatic nitrogens is 2. The van der Waals surface area contributed by atoms with Gasteiger partial charge in [-0.25, -0.2) is 9.97 Å². The van der Waals surface area contributed by atoms with Crippen molar-refractivity contribution in [2.45, 2.75) is 26.4 Å². The van der Waals surface area contributed by atoms with Gasteiger partial charge < -0.3 is 10.0 Å². The number of β-amino-alcohol motifs (C(OH)–C–C–N with tert-alkyl or cyclic N) is 1. The normalized spacial score (nSPS) is 23.8. The number of aliphatic hydroxyl groups is 1. The highest BCUT2D eigenvalue weighted by atomic mass is 16.3. The molecule has 1 aromatic carbocycles. The highest BCUT2D eigenvalue weighted by Crippen LogP contribution is 2.29. The lowest BCUT2D eigenvalue weighted by Crippen LogP contribution is -2.43. The van der Waals surface area contributed by atoms with Gasteiger partial charge in [0.05, 0.1) is 11.6 Å². The van der Waals surface area contributed by atoms with Crippen molar-refractivity contribution in [3.8, 4) is 0 Å². The van der Waals surface area contributed by atoms with Gasteiger partial charge >= 0.3 is 0 Å². The van der Waals surface area contributed by atoms with Crippen molar-refractivity contribution in [3.63, 3.8) is 0 Å². The van der Waals surface area contributed by atoms with Crippen LogP contribution < -0.4 is 4.90 Å². The molecule has 1 saturated heterocycles. The van der Waals surface area contributed by atoms with Gasteiger partial charge in [0, 0.05) is 18.5 Å². The van der Waals surface area contributed by atoms with E-state index in [1.54, 1.807) is 6.33 Å². The molecular formula is C15H19N3O. The van der Waals surface area contributed by atoms with Gasteiger partial charge in [0.1, 0.15) is 12.1 Å². The van der Waals surface area contributed by atoms with E-state index in [9.17, 15) is 5.11 Å². The monoisotopic (exact) mass is 257 g/mol. The van der Waals surface area contributed by atoms with Gasteiger partial charge in [-0.3, -0.25) is 0 Å². The number of nitrogens with zero attached hydrogens (tertiary/aromatic N) is 3. The van der Waals surface area contributed by atoms with E-state index in [4.69, 9.17) is 0 Å². The number of piperidine rings is 1. The number of rotatable bonds is 1. The molecule has 2 heterocycles. The van der Waals surface area contributed by atoms with Crippen LogP contribution in [0.3, 0.4) is 0 Å². The number of fused-ring (bicyclic) bond motifs is 1. The minimum atomic E-state index is -0.275. The first-order chi connectivity index (χ1) is 9.16. The van der Waals surface area contributed by atoms with Crippen LogP contribution in [-0.2, 0) is 0 Å². The Morgan fingerprint density at radius 3 is 2.95 bits per heavy atom. The van der Waals surface area contributed by atoms with Crippen molar-refractivity contribution >= 4 is 16.7 Å². The Kier molecular flexibility index (Phi) is 3.11. The fourth-order valence-electron chi connectivity index (χ4n) is 2.74. The molecule has 1 aliphatic heterocycles. The van der Waals surface area contributed by atoms with Crippen LogP contribution in [0.5, 0.6) is 0 Å². The summed E-state index contributed by atoms with van der Waals surface area (Å²) in [5, 5.41) is 11.2. The third kappa shape index (κ3) is 2.16. The zero-order valence-corrected chi connectivity index (χ0v) is 11.4. The molecular weight excluding hydrogens is 238 g/mol. The van der Waals surface area contributed by atoms with Gasteiger partial charge in [-0.05, 0) is 30.9 Å². The van der Waals surface area contributed by atoms with E-state index >= 15 is 0 Å². The lowest BCUT2D eigenvalue weighted by Gasteiger charge is -2.35. The van der Waals surface area contributed by atoms with Crippen LogP contribution in [0.15, 0.2) is 24.5 Å². The summed E-state index contributed by atoms with van der Waals surface area (Å²) in [5.41, 5.74) is 2.15. The van der Waals surface area contributed by atoms with Gasteiger partial charge in [0.15, 0.2) is 0 Å². The van der Waals surface area contributed by atoms with Crippen molar-refractivity contribution in [1.29, 1.82) is 0 Å². The van der Waals surface area contributed by atoms with E-state index in [1.165, 1.54) is 5.56 Å². The molecule has 2 aromatic rings. The molecule has 4 heteroatoms. The molecule has 1 fully saturated rings. The Labute approximate surface area is 113 Å². The summed E-state index contributed by atoms with van der Waals surface area (Å²) < 4.78 is 0. The maximum absolute atomic E-state index is 10.1. The number of hydrogen-bond acceptors (Lipinski definition) is 4. The van der Waals surface area contributed by atoms with Crippen LogP contribution in [0.1, 0.15) is 18.9 Å². The summed E-state index contributed by atoms with van der Waals surface area (Å²) in [6.45, 7) is 5.78. The van der Waals surface area contributed by atoms with Crippen molar-refractivity contribution in [3.05, 3.63) is 30.1 Å². The van der Waals surface area contributed by atoms with Gasteiger partial charge in [-0.1, -0.05) is 19.1 Å². The Balaban J connectivity index is 2.06. The number of anilines is 1. The number of benzene rings is 1. The Hall–Kier alpha value is -1.68. The lowest BCUT2D eigenvalue weighted by atomic mass is 9.95. The standard InChI is InChI=1S/C15H19N3O/c1-10-6-7-18(8-13(10)19)15-14-11(2)4-3-5-12(14)16-9-17-15/h3-5,9-10,13,19H,6-8H2,1-2H3. The van der Waals surface area contributed by atoms with Crippen LogP contribution in [-0.4, -0.2) is 34.3 Å². The summed E-state index contributed by atoms with van der Waals surface area (Å²) in [7, 11) is 0. The smallest absolute Gasteiger partial charge is 0.140 e. The number of aliphatic hydroxyl groups excluding tert-OH is 1. The summed E-state index contributed by atoms with van der Waals surface area (Å²) in [5.74, 6) is 1.32. The third-order valence-corrected chi connectivity index (χ3v) is 4.07. The molecule has 19 heavy (non-hydrogen) atoms. The topological polar surface area (TPSA) is 49.2 Å². The Morgan fingerprint density at radius 2 is 2.16 bits per heavy atom. The van der Waals surface area contributed by atoms with E-state index in [0.29, 0.717) is 12.5 Å². The zero-order valence-electron chi connectivity index (χ0n) is 11.4. The second kappa shape index (κ2) is 4.78. The molecule has 2 unspecified atom stereocenters. The molecule has 4 nitrogen and oxygen atoms in total. The molecule has 2 atom stereocenters. The molecule has 0 saturated carbocycles. The molecule has 1 aliphatic rings. The van der Waals surface area contributed by atoms with E-state index in [0.717, 1.165) is 29.7 Å². The van der Waals surface area contributed by atoms with Crippen LogP contribution >= 0.6 is 0 Å². The minimum Gasteiger partial charge on any atom is -0.391 e. The molecule has 0 bridgehead atoms. The molecule has 3 rings (SSSR count). The van der Waals surface area contributed by atoms with Gasteiger partial charge in [0.25, 0.3) is 0 Å². The molecule has 0 amide bonds. The highest BCUT2D eigenvalue weighted by Gasteiger charge is 2.26. The average molecular weight is 257 g/mol. The van der Waals surface area contributed by atoms with Crippen LogP contribution in [0.4, 0.5) is 5.82 Å². The molecule has 0 aliphatic carbocycles. The lowest BCUT2D eigenvalue weighted by molar-refractivity contribution is 0.103. The third-order valence-electron chi connectivity index (χ3n) is 4.07. The first-order valence-corrected chi connectivity index (χ1v) is 6.80. The second-order valence-electron chi connectivity index (χ2n) is 5.45. The van der Waals surface area contributed by atoms with Crippen molar-refractivity contribution in [1.82, 2.24) is 9.97 Å². The predicted molar refractivity (Wildman–Crippen MR) is 76.3 cm³/mol. The van der Waals surface area contributed by atoms with Crippen LogP contribution in [0.2, 0.25) is 0 Å². The summed E-state index contributed by atoms with van der Waals surface area (Å²) in [6, 6.07) is 6.11. The largest absolute Gasteiger partial charge is 0.391 e. The average Bonchev–Trinajstić information content (AvgIpc) is 2.42. The predicted octanol–water partition coefficient (Wildman–Crippen LogP) is 2.15. The fraction of sp³-hybridized carbons (Fsp3) is 0.467. The van der Waals surface area contributed by atoms with Crippen molar-refractivity contribution < 1.29 is 5.11 Å². The SMILES string of the molecule is Cc1cccc2ncnc(N3CCC(C)C(O)C3)c12. The van der Waals surface area contributed by atoms with Gasteiger partial charge in [-0.15, -0.1) is 0 Å². The first-order valence-electron chi connectivity index (χ1n) is 6.80. The summed E-state index contributed by atoms with van der Waals surface area (Å²) in [4.78, 5) is 11.0. The zero-order chi connectivity index (χ0) is 13.4. The fourth-order valence-corrected chi connectivity index (χ4v) is 2.74. The summed E-state index contributed by atoms with van der Waals surface area (Å²) in [6.07, 6.45) is 2.34. The van der Waals surface area contributed by atoms with Crippen LogP contribution in [0, 0.1) is 12.8 Å². The Morgan fingerprint density at radius 1 is 1.32 bits per heavy atom. The quantitative estimate of drug-likeness (QED) is 0.850. The van der Waals surface area contributed by atoms with E-state index < -0.39 is 0 Å². The van der Waals surface area contributed by atoms with E-state index in [-0.39, 0.29) is 6.10 Å². The maximum atomic E-state index is 10.1. The van der Waals surface area contributed by atoms with Crippen molar-refractivity contribution in [2.75, 3.05) is 18.0 Å². The molecule has 0 radical (unpaired) electrons. The number of aryl methyl sites for hydroxylation is 1. The molecule has 100 valence electrons. The van der Waals surface area contributed by atoms with E-state index in [2.05, 4.69) is 34.8 Å². The Bertz CT molecular complexity index is 594. The maximum Gasteiger partial charge on any atom is 0.140 e. The first kappa shape index (κ1) is 12.4. The molecule has 0 spiro atoms. The van der Waals surface area contributed by atoms with Crippen LogP contribution in [0.25, 0.3) is 10.9 Å². The molecule has 1 aromatic heterocycles.